The number of rotatable bonds is 5. The van der Waals surface area contributed by atoms with Crippen molar-refractivity contribution >= 4 is 17.2 Å². The van der Waals surface area contributed by atoms with E-state index in [9.17, 15) is 5.11 Å². The minimum Gasteiger partial charge on any atom is -1.00 e. The van der Waals surface area contributed by atoms with Crippen LogP contribution < -0.4 is 22.7 Å². The van der Waals surface area contributed by atoms with E-state index in [-0.39, 0.29) is 25.6 Å². The van der Waals surface area contributed by atoms with E-state index in [2.05, 4.69) is 4.98 Å². The number of nitrogens with zero attached hydrogens (tertiary/aromatic N) is 2. The van der Waals surface area contributed by atoms with E-state index in [4.69, 9.17) is 10.8 Å². The Labute approximate surface area is 128 Å². The van der Waals surface area contributed by atoms with Gasteiger partial charge in [-0.1, -0.05) is 11.3 Å². The van der Waals surface area contributed by atoms with Crippen LogP contribution in [0.25, 0.3) is 0 Å². The van der Waals surface area contributed by atoms with Gasteiger partial charge in [0.2, 0.25) is 11.2 Å². The number of hydrogen-bond acceptors (Lipinski definition) is 5. The zero-order chi connectivity index (χ0) is 13.8. The third-order valence-electron chi connectivity index (χ3n) is 2.97. The molecule has 4 N–H and O–H groups in total. The molecule has 0 fully saturated rings. The number of aryl methyl sites for hydroxylation is 1. The van der Waals surface area contributed by atoms with Gasteiger partial charge in [-0.15, -0.1) is 0 Å². The van der Waals surface area contributed by atoms with Gasteiger partial charge in [0, 0.05) is 18.7 Å². The van der Waals surface area contributed by atoms with Gasteiger partial charge < -0.3 is 28.4 Å². The number of anilines is 1. The first-order valence-corrected chi connectivity index (χ1v) is 6.96. The summed E-state index contributed by atoms with van der Waals surface area (Å²) in [5.41, 5.74) is 10.5. The average Bonchev–Trinajstić information content (AvgIpc) is 2.75. The zero-order valence-corrected chi connectivity index (χ0v) is 12.8. The minimum atomic E-state index is -0.0436. The average molecular weight is 316 g/mol. The molecule has 110 valence electrons. The molecule has 0 aromatic carbocycles. The molecule has 2 heterocycles. The Balaban J connectivity index is 0.00000200. The molecule has 0 aliphatic carbocycles. The normalized spacial score (nSPS) is 10.3. The number of nitrogen functional groups attached to an aromatic ring is 1. The van der Waals surface area contributed by atoms with Crippen LogP contribution >= 0.6 is 11.3 Å². The third-order valence-corrected chi connectivity index (χ3v) is 4.06. The van der Waals surface area contributed by atoms with Crippen LogP contribution in [0.2, 0.25) is 0 Å². The van der Waals surface area contributed by atoms with E-state index in [1.165, 1.54) is 11.3 Å². The van der Waals surface area contributed by atoms with Gasteiger partial charge in [-0.25, -0.2) is 4.98 Å². The number of nitrogens with two attached hydrogens (primary N) is 1. The van der Waals surface area contributed by atoms with Crippen molar-refractivity contribution in [1.29, 1.82) is 0 Å². The van der Waals surface area contributed by atoms with Crippen molar-refractivity contribution in [2.45, 2.75) is 26.5 Å². The lowest BCUT2D eigenvalue weighted by Crippen LogP contribution is -3.00. The first-order valence-electron chi connectivity index (χ1n) is 6.08. The second-order valence-electron chi connectivity index (χ2n) is 4.35. The molecule has 0 saturated heterocycles. The predicted octanol–water partition coefficient (Wildman–Crippen LogP) is -2.60. The number of hydrogen-bond donors (Lipinski definition) is 3. The molecule has 0 radical (unpaired) electrons. The maximum Gasteiger partial charge on any atom is 0.225 e. The highest BCUT2D eigenvalue weighted by atomic mass is 35.5. The molecule has 20 heavy (non-hydrogen) atoms. The first-order chi connectivity index (χ1) is 9.15. The molecule has 0 spiro atoms. The lowest BCUT2D eigenvalue weighted by atomic mass is 10.2. The van der Waals surface area contributed by atoms with Crippen LogP contribution in [0, 0.1) is 6.92 Å². The second kappa shape index (κ2) is 7.54. The van der Waals surface area contributed by atoms with Crippen molar-refractivity contribution in [2.24, 2.45) is 0 Å². The van der Waals surface area contributed by atoms with Crippen LogP contribution in [0.15, 0.2) is 17.6 Å². The van der Waals surface area contributed by atoms with E-state index >= 15 is 0 Å². The Bertz CT molecular complexity index is 575. The molecule has 2 rings (SSSR count). The van der Waals surface area contributed by atoms with E-state index in [0.717, 1.165) is 21.8 Å². The molecule has 0 aliphatic heterocycles. The van der Waals surface area contributed by atoms with Gasteiger partial charge in [-0.2, -0.15) is 4.57 Å². The highest BCUT2D eigenvalue weighted by Gasteiger charge is 2.19. The summed E-state index contributed by atoms with van der Waals surface area (Å²) in [5, 5.41) is 18.5. The van der Waals surface area contributed by atoms with Gasteiger partial charge in [-0.3, -0.25) is 0 Å². The molecular weight excluding hydrogens is 298 g/mol. The van der Waals surface area contributed by atoms with Gasteiger partial charge >= 0.3 is 0 Å². The molecule has 2 aromatic heterocycles. The van der Waals surface area contributed by atoms with Gasteiger partial charge in [0.05, 0.1) is 10.4 Å². The maximum absolute atomic E-state index is 9.46. The smallest absolute Gasteiger partial charge is 0.225 e. The van der Waals surface area contributed by atoms with Crippen LogP contribution in [0.5, 0.6) is 0 Å². The van der Waals surface area contributed by atoms with Crippen molar-refractivity contribution in [3.8, 4) is 0 Å². The van der Waals surface area contributed by atoms with Crippen molar-refractivity contribution in [2.75, 3.05) is 12.3 Å². The molecule has 0 unspecified atom stereocenters. The Kier molecular flexibility index (Phi) is 6.35. The molecule has 0 bridgehead atoms. The molecule has 0 saturated carbocycles. The Morgan fingerprint density at radius 3 is 2.70 bits per heavy atom. The summed E-state index contributed by atoms with van der Waals surface area (Å²) in [6.45, 7) is 2.52. The zero-order valence-electron chi connectivity index (χ0n) is 11.2. The van der Waals surface area contributed by atoms with Crippen LogP contribution in [0.4, 0.5) is 5.82 Å². The number of halogens is 1. The lowest BCUT2D eigenvalue weighted by Gasteiger charge is -2.03. The van der Waals surface area contributed by atoms with E-state index < -0.39 is 0 Å². The van der Waals surface area contributed by atoms with E-state index in [1.54, 1.807) is 0 Å². The first kappa shape index (κ1) is 16.8. The van der Waals surface area contributed by atoms with Crippen LogP contribution in [-0.2, 0) is 19.6 Å². The summed E-state index contributed by atoms with van der Waals surface area (Å²) in [5.74, 6) is 0.520. The summed E-state index contributed by atoms with van der Waals surface area (Å²) in [7, 11) is 0. The van der Waals surface area contributed by atoms with Gasteiger partial charge in [0.15, 0.2) is 6.54 Å². The predicted molar refractivity (Wildman–Crippen MR) is 73.7 cm³/mol. The topological polar surface area (TPSA) is 83.2 Å². The molecule has 0 amide bonds. The number of thiazole rings is 1. The van der Waals surface area contributed by atoms with Crippen LogP contribution in [0.3, 0.4) is 0 Å². The molecule has 0 aliphatic rings. The Morgan fingerprint density at radius 1 is 1.35 bits per heavy atom. The summed E-state index contributed by atoms with van der Waals surface area (Å²) >= 11 is 1.54. The quantitative estimate of drug-likeness (QED) is 0.529. The van der Waals surface area contributed by atoms with Gasteiger partial charge in [0.25, 0.3) is 0 Å². The summed E-state index contributed by atoms with van der Waals surface area (Å²) in [6, 6.07) is 3.88. The van der Waals surface area contributed by atoms with Crippen LogP contribution in [0.1, 0.15) is 21.8 Å². The number of aromatic nitrogens is 2. The Hall–Kier alpha value is -1.21. The highest BCUT2D eigenvalue weighted by molar-refractivity contribution is 7.09. The van der Waals surface area contributed by atoms with Crippen molar-refractivity contribution < 1.29 is 27.2 Å². The fraction of sp³-hybridized carbons (Fsp3) is 0.385. The summed E-state index contributed by atoms with van der Waals surface area (Å²) in [6.07, 6.45) is 0.565. The minimum absolute atomic E-state index is 0. The van der Waals surface area contributed by atoms with Crippen LogP contribution in [-0.4, -0.2) is 21.8 Å². The van der Waals surface area contributed by atoms with E-state index in [0.29, 0.717) is 18.8 Å². The standard InChI is InChI=1S/C13H18N3O2S.ClH/c1-9-2-3-10(13(14)15-9)6-16-8-19-12(4-5-17)11(16)7-18;/h2-3,8,17-18H,4-7H2,1H3,(H2,14,15);1H/q+1;/p-1. The van der Waals surface area contributed by atoms with E-state index in [1.807, 2.05) is 29.1 Å². The number of pyridine rings is 1. The SMILES string of the molecule is Cc1ccc(C[n+]2csc(CCO)c2CO)c(N)n1.[Cl-]. The summed E-state index contributed by atoms with van der Waals surface area (Å²) < 4.78 is 1.96. The number of aliphatic hydroxyl groups is 2. The molecule has 2 aromatic rings. The highest BCUT2D eigenvalue weighted by Crippen LogP contribution is 2.15. The van der Waals surface area contributed by atoms with Gasteiger partial charge in [-0.05, 0) is 19.1 Å². The lowest BCUT2D eigenvalue weighted by molar-refractivity contribution is -0.692. The molecule has 5 nitrogen and oxygen atoms in total. The molecule has 0 atom stereocenters. The van der Waals surface area contributed by atoms with Crippen molar-refractivity contribution in [3.63, 3.8) is 0 Å². The number of aliphatic hydroxyl groups excluding tert-OH is 2. The molecular formula is C13H18ClN3O2S. The van der Waals surface area contributed by atoms with Gasteiger partial charge in [0.1, 0.15) is 12.4 Å². The largest absolute Gasteiger partial charge is 1.00 e. The maximum atomic E-state index is 9.46. The Morgan fingerprint density at radius 2 is 2.10 bits per heavy atom. The monoisotopic (exact) mass is 315 g/mol. The fourth-order valence-electron chi connectivity index (χ4n) is 1.96. The van der Waals surface area contributed by atoms with Crippen molar-refractivity contribution in [1.82, 2.24) is 4.98 Å². The summed E-state index contributed by atoms with van der Waals surface area (Å²) in [4.78, 5) is 5.24. The molecule has 7 heteroatoms. The second-order valence-corrected chi connectivity index (χ2v) is 5.29. The van der Waals surface area contributed by atoms with Crippen molar-refractivity contribution in [3.05, 3.63) is 39.5 Å². The third kappa shape index (κ3) is 3.67. The fourth-order valence-corrected chi connectivity index (χ4v) is 2.94.